The number of carbonyl (C=O) groups is 1. The predicted molar refractivity (Wildman–Crippen MR) is 114 cm³/mol. The van der Waals surface area contributed by atoms with Gasteiger partial charge in [-0.05, 0) is 30.3 Å². The molecule has 146 valence electrons. The quantitative estimate of drug-likeness (QED) is 0.404. The van der Waals surface area contributed by atoms with E-state index in [1.54, 1.807) is 19.2 Å². The number of ether oxygens (including phenoxy) is 2. The van der Waals surface area contributed by atoms with E-state index in [0.717, 1.165) is 27.5 Å². The van der Waals surface area contributed by atoms with Crippen LogP contribution in [0.1, 0.15) is 0 Å². The molecule has 0 atom stereocenters. The first-order valence-electron chi connectivity index (χ1n) is 8.91. The Bertz CT molecular complexity index is 1220. The molecule has 3 aromatic carbocycles. The number of carboxylic acid groups (broad SMARTS) is 1. The van der Waals surface area contributed by atoms with Crippen LogP contribution in [0.25, 0.3) is 21.8 Å². The Morgan fingerprint density at radius 1 is 0.931 bits per heavy atom. The van der Waals surface area contributed by atoms with Crippen LogP contribution in [0.4, 0.5) is 21.9 Å². The van der Waals surface area contributed by atoms with E-state index in [4.69, 9.17) is 19.6 Å². The Labute approximate surface area is 166 Å². The topological polar surface area (TPSA) is 92.7 Å². The number of aromatic nitrogens is 1. The zero-order chi connectivity index (χ0) is 20.4. The average Bonchev–Trinajstić information content (AvgIpc) is 2.73. The number of anilines is 3. The van der Waals surface area contributed by atoms with Gasteiger partial charge in [-0.2, -0.15) is 0 Å². The van der Waals surface area contributed by atoms with Gasteiger partial charge in [-0.15, -0.1) is 0 Å². The molecule has 1 amide bonds. The number of para-hydroxylation sites is 2. The Morgan fingerprint density at radius 3 is 2.45 bits per heavy atom. The molecule has 0 aliphatic carbocycles. The van der Waals surface area contributed by atoms with E-state index in [2.05, 4.69) is 10.6 Å². The molecular formula is C22H19N3O4. The van der Waals surface area contributed by atoms with Crippen molar-refractivity contribution in [2.75, 3.05) is 24.9 Å². The van der Waals surface area contributed by atoms with Gasteiger partial charge < -0.3 is 19.9 Å². The fourth-order valence-electron chi connectivity index (χ4n) is 3.33. The minimum absolute atomic E-state index is 0.352. The number of hydrogen-bond donors (Lipinski definition) is 3. The number of amides is 1. The summed E-state index contributed by atoms with van der Waals surface area (Å²) in [5.41, 5.74) is 3.48. The van der Waals surface area contributed by atoms with E-state index in [9.17, 15) is 4.79 Å². The van der Waals surface area contributed by atoms with Crippen LogP contribution in [0.5, 0.6) is 11.5 Å². The van der Waals surface area contributed by atoms with Crippen molar-refractivity contribution in [2.24, 2.45) is 0 Å². The number of nitrogens with zero attached hydrogens (tertiary/aromatic N) is 1. The normalized spacial score (nSPS) is 10.7. The molecule has 0 bridgehead atoms. The zero-order valence-electron chi connectivity index (χ0n) is 15.9. The van der Waals surface area contributed by atoms with Crippen molar-refractivity contribution in [3.8, 4) is 11.5 Å². The second kappa shape index (κ2) is 7.55. The molecular weight excluding hydrogens is 370 g/mol. The molecule has 7 heteroatoms. The number of fused-ring (bicyclic) bond motifs is 2. The van der Waals surface area contributed by atoms with Gasteiger partial charge >= 0.3 is 6.09 Å². The molecule has 4 rings (SSSR count). The lowest BCUT2D eigenvalue weighted by molar-refractivity contribution is 0.209. The first-order chi connectivity index (χ1) is 14.1. The summed E-state index contributed by atoms with van der Waals surface area (Å²) in [6.45, 7) is 0. The van der Waals surface area contributed by atoms with Crippen molar-refractivity contribution in [1.82, 2.24) is 4.98 Å². The first-order valence-corrected chi connectivity index (χ1v) is 8.91. The molecule has 0 unspecified atom stereocenters. The summed E-state index contributed by atoms with van der Waals surface area (Å²) < 4.78 is 10.7. The highest BCUT2D eigenvalue weighted by Gasteiger charge is 2.14. The van der Waals surface area contributed by atoms with Gasteiger partial charge in [0, 0.05) is 16.5 Å². The largest absolute Gasteiger partial charge is 0.495 e. The van der Waals surface area contributed by atoms with Gasteiger partial charge in [0.1, 0.15) is 17.0 Å². The third-order valence-electron chi connectivity index (χ3n) is 4.60. The van der Waals surface area contributed by atoms with Crippen LogP contribution >= 0.6 is 0 Å². The average molecular weight is 389 g/mol. The monoisotopic (exact) mass is 389 g/mol. The Hall–Kier alpha value is -4.00. The number of methoxy groups -OCH3 is 2. The highest BCUT2D eigenvalue weighted by atomic mass is 16.5. The van der Waals surface area contributed by atoms with Gasteiger partial charge in [0.15, 0.2) is 0 Å². The van der Waals surface area contributed by atoms with E-state index in [1.165, 1.54) is 7.11 Å². The highest BCUT2D eigenvalue weighted by molar-refractivity contribution is 6.10. The van der Waals surface area contributed by atoms with Crippen LogP contribution < -0.4 is 20.1 Å². The molecule has 0 spiro atoms. The smallest absolute Gasteiger partial charge is 0.409 e. The van der Waals surface area contributed by atoms with Crippen LogP contribution in [-0.4, -0.2) is 30.4 Å². The van der Waals surface area contributed by atoms with Crippen molar-refractivity contribution in [3.05, 3.63) is 60.7 Å². The molecule has 0 radical (unpaired) electrons. The summed E-state index contributed by atoms with van der Waals surface area (Å²) in [6, 6.07) is 18.8. The summed E-state index contributed by atoms with van der Waals surface area (Å²) in [7, 11) is 3.11. The van der Waals surface area contributed by atoms with Crippen LogP contribution in [0.3, 0.4) is 0 Å². The van der Waals surface area contributed by atoms with Crippen LogP contribution in [0.15, 0.2) is 60.7 Å². The Kier molecular flexibility index (Phi) is 4.78. The lowest BCUT2D eigenvalue weighted by Gasteiger charge is -2.16. The second-order valence-electron chi connectivity index (χ2n) is 6.33. The van der Waals surface area contributed by atoms with E-state index in [1.807, 2.05) is 48.5 Å². The summed E-state index contributed by atoms with van der Waals surface area (Å²) in [6.07, 6.45) is -1.16. The summed E-state index contributed by atoms with van der Waals surface area (Å²) in [4.78, 5) is 15.9. The predicted octanol–water partition coefficient (Wildman–Crippen LogP) is 5.24. The fourth-order valence-corrected chi connectivity index (χ4v) is 3.33. The first kappa shape index (κ1) is 18.4. The van der Waals surface area contributed by atoms with Crippen LogP contribution in [0.2, 0.25) is 0 Å². The van der Waals surface area contributed by atoms with Crippen molar-refractivity contribution >= 4 is 45.0 Å². The van der Waals surface area contributed by atoms with Gasteiger partial charge in [-0.25, -0.2) is 9.78 Å². The molecule has 1 aromatic heterocycles. The molecule has 0 aliphatic rings. The molecule has 0 fully saturated rings. The number of hydrogen-bond acceptors (Lipinski definition) is 5. The molecule has 3 N–H and O–H groups in total. The molecule has 4 aromatic rings. The number of pyridine rings is 1. The maximum absolute atomic E-state index is 11.1. The van der Waals surface area contributed by atoms with Gasteiger partial charge in [0.2, 0.25) is 0 Å². The van der Waals surface area contributed by atoms with E-state index < -0.39 is 6.09 Å². The van der Waals surface area contributed by atoms with Gasteiger partial charge in [-0.3, -0.25) is 5.32 Å². The van der Waals surface area contributed by atoms with Crippen LogP contribution in [-0.2, 0) is 0 Å². The Morgan fingerprint density at radius 2 is 1.69 bits per heavy atom. The maximum Gasteiger partial charge on any atom is 0.409 e. The molecule has 29 heavy (non-hydrogen) atoms. The van der Waals surface area contributed by atoms with Crippen LogP contribution in [0, 0.1) is 0 Å². The summed E-state index contributed by atoms with van der Waals surface area (Å²) in [5.74, 6) is 1.11. The highest BCUT2D eigenvalue weighted by Crippen LogP contribution is 2.37. The van der Waals surface area contributed by atoms with Crippen molar-refractivity contribution in [1.29, 1.82) is 0 Å². The van der Waals surface area contributed by atoms with E-state index in [-0.39, 0.29) is 0 Å². The van der Waals surface area contributed by atoms with Gasteiger partial charge in [0.25, 0.3) is 0 Å². The molecule has 0 saturated carbocycles. The summed E-state index contributed by atoms with van der Waals surface area (Å²) >= 11 is 0. The van der Waals surface area contributed by atoms with E-state index >= 15 is 0 Å². The number of nitrogens with one attached hydrogen (secondary N) is 2. The fraction of sp³-hybridized carbons (Fsp3) is 0.0909. The molecule has 0 aliphatic heterocycles. The van der Waals surface area contributed by atoms with Crippen molar-refractivity contribution < 1.29 is 19.4 Å². The van der Waals surface area contributed by atoms with Gasteiger partial charge in [-0.1, -0.05) is 30.3 Å². The molecule has 0 saturated heterocycles. The molecule has 1 heterocycles. The van der Waals surface area contributed by atoms with Gasteiger partial charge in [0.05, 0.1) is 31.1 Å². The van der Waals surface area contributed by atoms with E-state index in [0.29, 0.717) is 22.9 Å². The lowest BCUT2D eigenvalue weighted by atomic mass is 10.1. The number of rotatable bonds is 5. The molecule has 7 nitrogen and oxygen atoms in total. The van der Waals surface area contributed by atoms with Crippen molar-refractivity contribution in [3.63, 3.8) is 0 Å². The minimum atomic E-state index is -1.16. The SMILES string of the molecule is COc1ccc(Nc2c3ccccc3nc3c(OC)cccc23)cc1NC(=O)O. The summed E-state index contributed by atoms with van der Waals surface area (Å²) in [5, 5.41) is 16.7. The lowest BCUT2D eigenvalue weighted by Crippen LogP contribution is -2.08. The zero-order valence-corrected chi connectivity index (χ0v) is 15.9. The Balaban J connectivity index is 1.90. The minimum Gasteiger partial charge on any atom is -0.495 e. The van der Waals surface area contributed by atoms with Crippen molar-refractivity contribution in [2.45, 2.75) is 0 Å². The second-order valence-corrected chi connectivity index (χ2v) is 6.33. The third kappa shape index (κ3) is 3.45. The standard InChI is InChI=1S/C22H19N3O4/c1-28-18-11-10-13(12-17(18)25-22(26)27)23-20-14-6-3-4-8-16(14)24-21-15(20)7-5-9-19(21)29-2/h3-12,25H,1-2H3,(H,23,24)(H,26,27). The maximum atomic E-state index is 11.1. The third-order valence-corrected chi connectivity index (χ3v) is 4.60. The number of benzene rings is 3.